The van der Waals surface area contributed by atoms with Crippen molar-refractivity contribution in [2.75, 3.05) is 23.5 Å². The number of hydrogen-bond acceptors (Lipinski definition) is 7. The van der Waals surface area contributed by atoms with Gasteiger partial charge in [0.05, 0.1) is 23.6 Å². The predicted molar refractivity (Wildman–Crippen MR) is 107 cm³/mol. The molecule has 3 aromatic rings. The van der Waals surface area contributed by atoms with Gasteiger partial charge in [-0.1, -0.05) is 36.0 Å². The van der Waals surface area contributed by atoms with E-state index in [2.05, 4.69) is 15.5 Å². The van der Waals surface area contributed by atoms with Crippen LogP contribution in [0, 0.1) is 5.82 Å². The third-order valence-electron chi connectivity index (χ3n) is 3.78. The van der Waals surface area contributed by atoms with Crippen molar-refractivity contribution in [1.29, 1.82) is 0 Å². The van der Waals surface area contributed by atoms with Gasteiger partial charge >= 0.3 is 5.97 Å². The van der Waals surface area contributed by atoms with E-state index in [-0.39, 0.29) is 34.8 Å². The molecule has 0 spiro atoms. The molecule has 0 aliphatic carbocycles. The summed E-state index contributed by atoms with van der Waals surface area (Å²) >= 11 is 1.06. The van der Waals surface area contributed by atoms with Crippen molar-refractivity contribution >= 4 is 29.3 Å². The average Bonchev–Trinajstić information content (AvgIpc) is 3.07. The highest BCUT2D eigenvalue weighted by Crippen LogP contribution is 2.23. The topological polar surface area (TPSA) is 112 Å². The first-order valence-electron chi connectivity index (χ1n) is 8.64. The Morgan fingerprint density at radius 3 is 2.76 bits per heavy atom. The molecule has 1 heterocycles. The van der Waals surface area contributed by atoms with Crippen LogP contribution in [0.4, 0.5) is 10.1 Å². The molecular weight excluding hydrogens is 397 g/mol. The van der Waals surface area contributed by atoms with Crippen molar-refractivity contribution in [2.45, 2.75) is 12.1 Å². The number of esters is 1. The minimum absolute atomic E-state index is 0.0182. The van der Waals surface area contributed by atoms with Gasteiger partial charge in [-0.3, -0.25) is 4.79 Å². The van der Waals surface area contributed by atoms with E-state index in [1.165, 1.54) is 16.8 Å². The minimum atomic E-state index is -0.516. The summed E-state index contributed by atoms with van der Waals surface area (Å²) in [7, 11) is 0. The Morgan fingerprint density at radius 2 is 2.00 bits per heavy atom. The molecule has 0 fully saturated rings. The van der Waals surface area contributed by atoms with Crippen molar-refractivity contribution in [2.24, 2.45) is 0 Å². The zero-order chi connectivity index (χ0) is 20.8. The predicted octanol–water partition coefficient (Wildman–Crippen LogP) is 2.71. The molecule has 0 unspecified atom stereocenters. The van der Waals surface area contributed by atoms with Crippen molar-refractivity contribution in [1.82, 2.24) is 14.9 Å². The van der Waals surface area contributed by atoms with Crippen molar-refractivity contribution in [3.63, 3.8) is 0 Å². The molecule has 0 saturated carbocycles. The number of nitrogens with one attached hydrogen (secondary N) is 1. The summed E-state index contributed by atoms with van der Waals surface area (Å²) < 4.78 is 19.6. The van der Waals surface area contributed by atoms with Gasteiger partial charge in [0.25, 0.3) is 0 Å². The Kier molecular flexibility index (Phi) is 6.45. The number of carbonyl (C=O) groups is 2. The number of halogens is 1. The summed E-state index contributed by atoms with van der Waals surface area (Å²) in [6.45, 7) is 1.94. The van der Waals surface area contributed by atoms with E-state index in [1.807, 2.05) is 0 Å². The smallest absolute Gasteiger partial charge is 0.340 e. The number of carbonyl (C=O) groups excluding carboxylic acids is 2. The lowest BCUT2D eigenvalue weighted by atomic mass is 10.2. The fourth-order valence-electron chi connectivity index (χ4n) is 2.50. The maximum absolute atomic E-state index is 13.4. The normalized spacial score (nSPS) is 10.6. The second kappa shape index (κ2) is 9.20. The number of aromatic nitrogens is 3. The molecule has 0 bridgehead atoms. The second-order valence-electron chi connectivity index (χ2n) is 5.79. The van der Waals surface area contributed by atoms with E-state index >= 15 is 0 Å². The van der Waals surface area contributed by atoms with Gasteiger partial charge in [-0.05, 0) is 31.2 Å². The van der Waals surface area contributed by atoms with Crippen LogP contribution in [0.1, 0.15) is 17.3 Å². The number of para-hydroxylation sites is 1. The summed E-state index contributed by atoms with van der Waals surface area (Å²) in [5.41, 5.74) is 1.09. The third-order valence-corrected chi connectivity index (χ3v) is 4.72. The summed E-state index contributed by atoms with van der Waals surface area (Å²) in [6.07, 6.45) is 0. The van der Waals surface area contributed by atoms with Crippen LogP contribution in [-0.4, -0.2) is 39.1 Å². The summed E-state index contributed by atoms with van der Waals surface area (Å²) in [6, 6.07) is 12.4. The molecule has 0 saturated heterocycles. The van der Waals surface area contributed by atoms with Crippen LogP contribution in [0.2, 0.25) is 0 Å². The fraction of sp³-hybridized carbons (Fsp3) is 0.158. The van der Waals surface area contributed by atoms with E-state index < -0.39 is 11.8 Å². The van der Waals surface area contributed by atoms with Crippen molar-refractivity contribution in [3.05, 3.63) is 59.9 Å². The number of amides is 1. The standard InChI is InChI=1S/C19H18FN5O3S/c1-2-28-18(27)14-8-3-4-9-15(14)22-16(26)11-29-19-24-23-17(25(19)21)12-6-5-7-13(20)10-12/h3-10H,2,11,21H2,1H3,(H,22,26). The van der Waals surface area contributed by atoms with Crippen LogP contribution in [0.5, 0.6) is 0 Å². The second-order valence-corrected chi connectivity index (χ2v) is 6.73. The van der Waals surface area contributed by atoms with Crippen molar-refractivity contribution in [3.8, 4) is 11.4 Å². The number of thioether (sulfide) groups is 1. The molecule has 0 radical (unpaired) electrons. The number of anilines is 1. The van der Waals surface area contributed by atoms with Gasteiger partial charge in [0, 0.05) is 5.56 Å². The molecule has 1 aromatic heterocycles. The molecule has 2 aromatic carbocycles. The van der Waals surface area contributed by atoms with Gasteiger partial charge in [0.15, 0.2) is 5.82 Å². The number of rotatable bonds is 7. The Balaban J connectivity index is 1.66. The van der Waals surface area contributed by atoms with Gasteiger partial charge in [0.1, 0.15) is 5.82 Å². The molecule has 3 rings (SSSR count). The van der Waals surface area contributed by atoms with Gasteiger partial charge in [0.2, 0.25) is 11.1 Å². The molecule has 10 heteroatoms. The van der Waals surface area contributed by atoms with E-state index in [0.29, 0.717) is 11.3 Å². The SMILES string of the molecule is CCOC(=O)c1ccccc1NC(=O)CSc1nnc(-c2cccc(F)c2)n1N. The minimum Gasteiger partial charge on any atom is -0.462 e. The van der Waals surface area contributed by atoms with E-state index in [1.54, 1.807) is 43.3 Å². The summed E-state index contributed by atoms with van der Waals surface area (Å²) in [4.78, 5) is 24.3. The van der Waals surface area contributed by atoms with E-state index in [9.17, 15) is 14.0 Å². The van der Waals surface area contributed by atoms with Gasteiger partial charge in [-0.2, -0.15) is 0 Å². The fourth-order valence-corrected chi connectivity index (χ4v) is 3.15. The number of ether oxygens (including phenoxy) is 1. The highest BCUT2D eigenvalue weighted by atomic mass is 32.2. The van der Waals surface area contributed by atoms with Crippen LogP contribution < -0.4 is 11.2 Å². The molecule has 3 N–H and O–H groups in total. The molecule has 8 nitrogen and oxygen atoms in total. The summed E-state index contributed by atoms with van der Waals surface area (Å²) in [5, 5.41) is 10.9. The lowest BCUT2D eigenvalue weighted by molar-refractivity contribution is -0.113. The third kappa shape index (κ3) is 4.91. The summed E-state index contributed by atoms with van der Waals surface area (Å²) in [5.74, 6) is 4.94. The zero-order valence-electron chi connectivity index (χ0n) is 15.5. The Hall–Kier alpha value is -3.40. The lowest BCUT2D eigenvalue weighted by Gasteiger charge is -2.10. The van der Waals surface area contributed by atoms with Crippen LogP contribution >= 0.6 is 11.8 Å². The monoisotopic (exact) mass is 415 g/mol. The maximum atomic E-state index is 13.4. The lowest BCUT2D eigenvalue weighted by Crippen LogP contribution is -2.18. The first kappa shape index (κ1) is 20.3. The Morgan fingerprint density at radius 1 is 1.21 bits per heavy atom. The van der Waals surface area contributed by atoms with E-state index in [4.69, 9.17) is 10.6 Å². The number of benzene rings is 2. The largest absolute Gasteiger partial charge is 0.462 e. The molecule has 0 aliphatic heterocycles. The van der Waals surface area contributed by atoms with Gasteiger partial charge in [-0.25, -0.2) is 13.9 Å². The quantitative estimate of drug-likeness (QED) is 0.347. The Bertz CT molecular complexity index is 1040. The Labute approximate surface area is 170 Å². The molecule has 0 atom stereocenters. The molecule has 29 heavy (non-hydrogen) atoms. The van der Waals surface area contributed by atoms with Gasteiger partial charge in [-0.15, -0.1) is 10.2 Å². The van der Waals surface area contributed by atoms with E-state index in [0.717, 1.165) is 11.8 Å². The molecule has 0 aliphatic rings. The molecule has 150 valence electrons. The van der Waals surface area contributed by atoms with Crippen LogP contribution in [0.15, 0.2) is 53.7 Å². The number of hydrogen-bond donors (Lipinski definition) is 2. The van der Waals surface area contributed by atoms with Crippen LogP contribution in [0.3, 0.4) is 0 Å². The highest BCUT2D eigenvalue weighted by molar-refractivity contribution is 7.99. The van der Waals surface area contributed by atoms with Gasteiger partial charge < -0.3 is 15.9 Å². The number of nitrogen functional groups attached to an aromatic ring is 1. The average molecular weight is 415 g/mol. The highest BCUT2D eigenvalue weighted by Gasteiger charge is 2.16. The number of nitrogens with two attached hydrogens (primary N) is 1. The maximum Gasteiger partial charge on any atom is 0.340 e. The van der Waals surface area contributed by atoms with Crippen LogP contribution in [0.25, 0.3) is 11.4 Å². The van der Waals surface area contributed by atoms with Crippen molar-refractivity contribution < 1.29 is 18.7 Å². The molecular formula is C19H18FN5O3S. The zero-order valence-corrected chi connectivity index (χ0v) is 16.3. The van der Waals surface area contributed by atoms with Crippen LogP contribution in [-0.2, 0) is 9.53 Å². The first-order chi connectivity index (χ1) is 14.0. The first-order valence-corrected chi connectivity index (χ1v) is 9.63. The molecule has 1 amide bonds. The number of nitrogens with zero attached hydrogens (tertiary/aromatic N) is 3.